The van der Waals surface area contributed by atoms with Gasteiger partial charge in [-0.15, -0.1) is 0 Å². The van der Waals surface area contributed by atoms with Crippen LogP contribution in [-0.4, -0.2) is 31.1 Å². The van der Waals surface area contributed by atoms with Gasteiger partial charge in [-0.25, -0.2) is 4.79 Å². The first-order chi connectivity index (χ1) is 13.8. The van der Waals surface area contributed by atoms with Crippen molar-refractivity contribution in [1.82, 2.24) is 0 Å². The second kappa shape index (κ2) is 8.76. The molecule has 0 saturated heterocycles. The maximum Gasteiger partial charge on any atom is 0.432 e. The van der Waals surface area contributed by atoms with Crippen molar-refractivity contribution in [2.75, 3.05) is 7.11 Å². The molecular weight excluding hydrogens is 397 g/mol. The fourth-order valence-electron chi connectivity index (χ4n) is 4.04. The monoisotopic (exact) mass is 424 g/mol. The highest BCUT2D eigenvalue weighted by Crippen LogP contribution is 2.46. The smallest absolute Gasteiger partial charge is 0.432 e. The summed E-state index contributed by atoms with van der Waals surface area (Å²) in [6.07, 6.45) is -0.669. The lowest BCUT2D eigenvalue weighted by atomic mass is 9.67. The van der Waals surface area contributed by atoms with Crippen LogP contribution in [0.4, 0.5) is 13.2 Å². The molecule has 0 saturated carbocycles. The summed E-state index contributed by atoms with van der Waals surface area (Å²) < 4.78 is 52.3. The Morgan fingerprint density at radius 1 is 1.17 bits per heavy atom. The Kier molecular flexibility index (Phi) is 6.97. The van der Waals surface area contributed by atoms with Crippen molar-refractivity contribution in [2.45, 2.75) is 52.0 Å². The van der Waals surface area contributed by atoms with Gasteiger partial charge in [0.25, 0.3) is 5.60 Å². The molecule has 2 rings (SSSR count). The molecule has 0 amide bonds. The molecule has 0 aliphatic heterocycles. The predicted molar refractivity (Wildman–Crippen MR) is 107 cm³/mol. The van der Waals surface area contributed by atoms with Crippen LogP contribution in [-0.2, 0) is 24.7 Å². The number of halogens is 3. The quantitative estimate of drug-likeness (QED) is 0.361. The summed E-state index contributed by atoms with van der Waals surface area (Å²) in [5, 5.41) is 0. The highest BCUT2D eigenvalue weighted by Gasteiger charge is 2.64. The highest BCUT2D eigenvalue weighted by atomic mass is 19.4. The molecule has 7 heteroatoms. The van der Waals surface area contributed by atoms with Gasteiger partial charge in [0.2, 0.25) is 0 Å². The lowest BCUT2D eigenvalue weighted by Gasteiger charge is -2.41. The maximum atomic E-state index is 14.1. The van der Waals surface area contributed by atoms with E-state index in [2.05, 4.69) is 0 Å². The Hall–Kier alpha value is -2.41. The molecule has 0 radical (unpaired) electrons. The lowest BCUT2D eigenvalue weighted by molar-refractivity contribution is -0.277. The van der Waals surface area contributed by atoms with Crippen molar-refractivity contribution >= 4 is 11.8 Å². The maximum absolute atomic E-state index is 14.1. The third-order valence-electron chi connectivity index (χ3n) is 5.46. The van der Waals surface area contributed by atoms with Crippen molar-refractivity contribution in [3.05, 3.63) is 59.7 Å². The van der Waals surface area contributed by atoms with Gasteiger partial charge in [-0.2, -0.15) is 13.2 Å². The van der Waals surface area contributed by atoms with Crippen molar-refractivity contribution in [1.29, 1.82) is 0 Å². The second-order valence-corrected chi connectivity index (χ2v) is 8.24. The van der Waals surface area contributed by atoms with Gasteiger partial charge >= 0.3 is 12.1 Å². The standard InChI is InChI=1S/C23H27F3O4/c1-15-13-18(14-21(3,4)19(15)12-11-16(2)27)30-20(28)22(29-5,23(24,25)26)17-9-7-6-8-10-17/h6-13,18-19H,14H2,1-5H3/b12-11+/t18-,19-,22+/m0/s1. The lowest BCUT2D eigenvalue weighted by Crippen LogP contribution is -2.53. The molecule has 4 nitrogen and oxygen atoms in total. The zero-order valence-electron chi connectivity index (χ0n) is 17.7. The van der Waals surface area contributed by atoms with Crippen LogP contribution in [0.25, 0.3) is 0 Å². The molecule has 0 heterocycles. The SMILES string of the molecule is CO[C@@](C(=O)O[C@H]1C=C(C)[C@H](/C=C/C(C)=O)C(C)(C)C1)(c1ccccc1)C(F)(F)F. The van der Waals surface area contributed by atoms with Crippen molar-refractivity contribution in [2.24, 2.45) is 11.3 Å². The molecular formula is C23H27F3O4. The largest absolute Gasteiger partial charge is 0.455 e. The Balaban J connectivity index is 2.38. The minimum atomic E-state index is -5.02. The number of esters is 1. The van der Waals surface area contributed by atoms with Crippen LogP contribution >= 0.6 is 0 Å². The number of rotatable bonds is 6. The molecule has 1 aliphatic rings. The molecule has 164 valence electrons. The van der Waals surface area contributed by atoms with Crippen molar-refractivity contribution < 1.29 is 32.2 Å². The van der Waals surface area contributed by atoms with Gasteiger partial charge in [0, 0.05) is 18.6 Å². The van der Waals surface area contributed by atoms with Gasteiger partial charge in [-0.1, -0.05) is 55.8 Å². The van der Waals surface area contributed by atoms with E-state index in [0.29, 0.717) is 6.42 Å². The minimum Gasteiger partial charge on any atom is -0.455 e. The van der Waals surface area contributed by atoms with Gasteiger partial charge in [0.15, 0.2) is 5.78 Å². The summed E-state index contributed by atoms with van der Waals surface area (Å²) >= 11 is 0. The van der Waals surface area contributed by atoms with Crippen LogP contribution < -0.4 is 0 Å². The van der Waals surface area contributed by atoms with E-state index in [1.165, 1.54) is 37.3 Å². The van der Waals surface area contributed by atoms with Crippen LogP contribution in [0.1, 0.15) is 39.7 Å². The molecule has 0 aromatic heterocycles. The number of ketones is 1. The molecule has 1 aromatic carbocycles. The van der Waals surface area contributed by atoms with Gasteiger partial charge < -0.3 is 9.47 Å². The molecule has 0 fully saturated rings. The normalized spacial score (nSPS) is 23.5. The van der Waals surface area contributed by atoms with Crippen LogP contribution in [0.3, 0.4) is 0 Å². The number of methoxy groups -OCH3 is 1. The Bertz CT molecular complexity index is 840. The second-order valence-electron chi connectivity index (χ2n) is 8.24. The van der Waals surface area contributed by atoms with E-state index < -0.39 is 29.3 Å². The van der Waals surface area contributed by atoms with Gasteiger partial charge in [-0.05, 0) is 37.8 Å². The Morgan fingerprint density at radius 2 is 1.77 bits per heavy atom. The highest BCUT2D eigenvalue weighted by molar-refractivity contribution is 5.87. The number of benzene rings is 1. The van der Waals surface area contributed by atoms with E-state index in [0.717, 1.165) is 12.7 Å². The van der Waals surface area contributed by atoms with Crippen LogP contribution in [0.2, 0.25) is 0 Å². The van der Waals surface area contributed by atoms with E-state index in [4.69, 9.17) is 9.47 Å². The summed E-state index contributed by atoms with van der Waals surface area (Å²) in [5.41, 5.74) is -3.18. The molecule has 0 unspecified atom stereocenters. The average molecular weight is 424 g/mol. The molecule has 0 bridgehead atoms. The summed E-state index contributed by atoms with van der Waals surface area (Å²) in [6, 6.07) is 6.74. The molecule has 1 aliphatic carbocycles. The Morgan fingerprint density at radius 3 is 2.23 bits per heavy atom. The zero-order chi connectivity index (χ0) is 22.7. The third-order valence-corrected chi connectivity index (χ3v) is 5.46. The number of hydrogen-bond donors (Lipinski definition) is 0. The van der Waals surface area contributed by atoms with Crippen LogP contribution in [0.15, 0.2) is 54.1 Å². The van der Waals surface area contributed by atoms with E-state index in [1.54, 1.807) is 25.1 Å². The summed E-state index contributed by atoms with van der Waals surface area (Å²) in [7, 11) is 0.843. The number of carbonyl (C=O) groups is 2. The summed E-state index contributed by atoms with van der Waals surface area (Å²) in [4.78, 5) is 24.2. The molecule has 1 aromatic rings. The minimum absolute atomic E-state index is 0.0925. The summed E-state index contributed by atoms with van der Waals surface area (Å²) in [6.45, 7) is 7.09. The molecule has 30 heavy (non-hydrogen) atoms. The number of ether oxygens (including phenoxy) is 2. The van der Waals surface area contributed by atoms with E-state index in [9.17, 15) is 22.8 Å². The van der Waals surface area contributed by atoms with E-state index >= 15 is 0 Å². The van der Waals surface area contributed by atoms with E-state index in [-0.39, 0.29) is 17.3 Å². The first-order valence-corrected chi connectivity index (χ1v) is 9.60. The third kappa shape index (κ3) is 4.67. The topological polar surface area (TPSA) is 52.6 Å². The summed E-state index contributed by atoms with van der Waals surface area (Å²) in [5.74, 6) is -1.70. The Labute approximate surface area is 174 Å². The van der Waals surface area contributed by atoms with Crippen LogP contribution in [0, 0.1) is 11.3 Å². The average Bonchev–Trinajstić information content (AvgIpc) is 2.60. The predicted octanol–water partition coefficient (Wildman–Crippen LogP) is 5.14. The van der Waals surface area contributed by atoms with Gasteiger partial charge in [0.1, 0.15) is 6.10 Å². The molecule has 0 N–H and O–H groups in total. The number of alkyl halides is 3. The van der Waals surface area contributed by atoms with Crippen molar-refractivity contribution in [3.63, 3.8) is 0 Å². The number of allylic oxidation sites excluding steroid dienone is 3. The number of carbonyl (C=O) groups excluding carboxylic acids is 2. The van der Waals surface area contributed by atoms with Gasteiger partial charge in [-0.3, -0.25) is 4.79 Å². The van der Waals surface area contributed by atoms with Gasteiger partial charge in [0.05, 0.1) is 0 Å². The first-order valence-electron chi connectivity index (χ1n) is 9.60. The molecule has 3 atom stereocenters. The zero-order valence-corrected chi connectivity index (χ0v) is 17.7. The van der Waals surface area contributed by atoms with E-state index in [1.807, 2.05) is 13.8 Å². The van der Waals surface area contributed by atoms with Crippen molar-refractivity contribution in [3.8, 4) is 0 Å². The molecule has 0 spiro atoms. The first kappa shape index (κ1) is 23.9. The number of hydrogen-bond acceptors (Lipinski definition) is 4. The fraction of sp³-hybridized carbons (Fsp3) is 0.478. The fourth-order valence-corrected chi connectivity index (χ4v) is 4.04. The van der Waals surface area contributed by atoms with Crippen LogP contribution in [0.5, 0.6) is 0 Å².